The van der Waals surface area contributed by atoms with Gasteiger partial charge in [-0.2, -0.15) is 0 Å². The van der Waals surface area contributed by atoms with Crippen LogP contribution in [0.1, 0.15) is 5.76 Å². The molecule has 19 heavy (non-hydrogen) atoms. The van der Waals surface area contributed by atoms with E-state index in [0.717, 1.165) is 5.76 Å². The maximum absolute atomic E-state index is 10.6. The van der Waals surface area contributed by atoms with Crippen LogP contribution in [-0.2, 0) is 11.3 Å². The van der Waals surface area contributed by atoms with Crippen LogP contribution in [0.15, 0.2) is 35.2 Å². The van der Waals surface area contributed by atoms with Crippen LogP contribution < -0.4 is 10.2 Å². The molecule has 7 heteroatoms. The normalized spacial score (nSPS) is 10.2. The molecule has 2 aromatic rings. The number of furan rings is 1. The highest BCUT2D eigenvalue weighted by Gasteiger charge is 2.08. The van der Waals surface area contributed by atoms with E-state index in [1.165, 1.54) is 11.2 Å². The molecule has 2 heterocycles. The first-order valence-corrected chi connectivity index (χ1v) is 5.66. The highest BCUT2D eigenvalue weighted by atomic mass is 16.4. The number of anilines is 2. The lowest BCUT2D eigenvalue weighted by atomic mass is 10.4. The topological polar surface area (TPSA) is 91.5 Å². The summed E-state index contributed by atoms with van der Waals surface area (Å²) >= 11 is 0. The van der Waals surface area contributed by atoms with Gasteiger partial charge in [0, 0.05) is 13.1 Å². The van der Waals surface area contributed by atoms with Crippen molar-refractivity contribution in [3.05, 3.63) is 36.5 Å². The molecule has 0 aromatic carbocycles. The van der Waals surface area contributed by atoms with E-state index in [0.29, 0.717) is 18.2 Å². The minimum atomic E-state index is -0.911. The molecule has 2 aromatic heterocycles. The Balaban J connectivity index is 2.00. The minimum absolute atomic E-state index is 0.116. The van der Waals surface area contributed by atoms with Gasteiger partial charge in [-0.05, 0) is 12.1 Å². The number of carboxylic acids is 1. The van der Waals surface area contributed by atoms with Gasteiger partial charge in [0.15, 0.2) is 0 Å². The van der Waals surface area contributed by atoms with E-state index in [1.807, 2.05) is 12.1 Å². The molecule has 100 valence electrons. The van der Waals surface area contributed by atoms with Gasteiger partial charge in [-0.3, -0.25) is 4.79 Å². The van der Waals surface area contributed by atoms with Gasteiger partial charge in [-0.1, -0.05) is 0 Å². The number of likely N-dealkylation sites (N-methyl/N-ethyl adjacent to an activating group) is 1. The maximum Gasteiger partial charge on any atom is 0.323 e. The third kappa shape index (κ3) is 3.70. The summed E-state index contributed by atoms with van der Waals surface area (Å²) in [6.45, 7) is 0.390. The van der Waals surface area contributed by atoms with Gasteiger partial charge in [-0.25, -0.2) is 9.97 Å². The predicted octanol–water partition coefficient (Wildman–Crippen LogP) is 1.20. The number of carboxylic acid groups (broad SMARTS) is 1. The van der Waals surface area contributed by atoms with Crippen LogP contribution in [0.3, 0.4) is 0 Å². The Kier molecular flexibility index (Phi) is 3.97. The summed E-state index contributed by atoms with van der Waals surface area (Å²) in [5.41, 5.74) is 0. The predicted molar refractivity (Wildman–Crippen MR) is 69.0 cm³/mol. The van der Waals surface area contributed by atoms with Crippen LogP contribution in [0.4, 0.5) is 11.6 Å². The Morgan fingerprint density at radius 1 is 1.53 bits per heavy atom. The molecule has 0 atom stereocenters. The summed E-state index contributed by atoms with van der Waals surface area (Å²) < 4.78 is 5.19. The second-order valence-corrected chi connectivity index (χ2v) is 3.94. The van der Waals surface area contributed by atoms with Crippen molar-refractivity contribution in [2.24, 2.45) is 0 Å². The highest BCUT2D eigenvalue weighted by Crippen LogP contribution is 2.13. The van der Waals surface area contributed by atoms with E-state index < -0.39 is 5.97 Å². The molecular weight excluding hydrogens is 248 g/mol. The summed E-state index contributed by atoms with van der Waals surface area (Å²) in [4.78, 5) is 20.3. The molecule has 2 N–H and O–H groups in total. The van der Waals surface area contributed by atoms with Gasteiger partial charge in [0.05, 0.1) is 12.8 Å². The number of nitrogens with one attached hydrogen (secondary N) is 1. The first kappa shape index (κ1) is 12.9. The largest absolute Gasteiger partial charge is 0.480 e. The number of hydrogen-bond acceptors (Lipinski definition) is 6. The fourth-order valence-corrected chi connectivity index (χ4v) is 1.53. The van der Waals surface area contributed by atoms with E-state index in [1.54, 1.807) is 19.4 Å². The van der Waals surface area contributed by atoms with Gasteiger partial charge in [0.2, 0.25) is 0 Å². The zero-order valence-corrected chi connectivity index (χ0v) is 10.4. The smallest absolute Gasteiger partial charge is 0.323 e. The number of rotatable bonds is 6. The van der Waals surface area contributed by atoms with Crippen LogP contribution in [-0.4, -0.2) is 34.6 Å². The highest BCUT2D eigenvalue weighted by molar-refractivity contribution is 5.73. The minimum Gasteiger partial charge on any atom is -0.480 e. The molecule has 7 nitrogen and oxygen atoms in total. The fraction of sp³-hybridized carbons (Fsp3) is 0.250. The Morgan fingerprint density at radius 3 is 3.05 bits per heavy atom. The van der Waals surface area contributed by atoms with E-state index in [9.17, 15) is 4.79 Å². The zero-order chi connectivity index (χ0) is 13.7. The fourth-order valence-electron chi connectivity index (χ4n) is 1.53. The number of carbonyl (C=O) groups is 1. The lowest BCUT2D eigenvalue weighted by Gasteiger charge is -2.15. The first-order chi connectivity index (χ1) is 9.15. The van der Waals surface area contributed by atoms with Crippen LogP contribution >= 0.6 is 0 Å². The Hall–Kier alpha value is -2.57. The van der Waals surface area contributed by atoms with Gasteiger partial charge in [-0.15, -0.1) is 0 Å². The molecular formula is C12H14N4O3. The molecule has 0 amide bonds. The molecule has 0 fully saturated rings. The van der Waals surface area contributed by atoms with Gasteiger partial charge >= 0.3 is 5.97 Å². The number of aromatic nitrogens is 2. The quantitative estimate of drug-likeness (QED) is 0.808. The zero-order valence-electron chi connectivity index (χ0n) is 10.4. The van der Waals surface area contributed by atoms with Crippen LogP contribution in [0.2, 0.25) is 0 Å². The lowest BCUT2D eigenvalue weighted by molar-refractivity contribution is -0.135. The lowest BCUT2D eigenvalue weighted by Crippen LogP contribution is -2.26. The van der Waals surface area contributed by atoms with E-state index >= 15 is 0 Å². The Labute approximate surface area is 109 Å². The standard InChI is InChI=1S/C12H14N4O3/c1-16(7-12(17)18)11-5-10(14-8-15-11)13-6-9-3-2-4-19-9/h2-5,8H,6-7H2,1H3,(H,17,18)(H,13,14,15). The van der Waals surface area contributed by atoms with Crippen LogP contribution in [0, 0.1) is 0 Å². The third-order valence-electron chi connectivity index (χ3n) is 2.44. The second kappa shape index (κ2) is 5.85. The summed E-state index contributed by atoms with van der Waals surface area (Å²) in [6.07, 6.45) is 2.99. The molecule has 0 saturated carbocycles. The number of aliphatic carboxylic acids is 1. The van der Waals surface area contributed by atoms with Gasteiger partial charge < -0.3 is 19.7 Å². The van der Waals surface area contributed by atoms with E-state index in [4.69, 9.17) is 9.52 Å². The number of hydrogen-bond donors (Lipinski definition) is 2. The van der Waals surface area contributed by atoms with Crippen LogP contribution in [0.5, 0.6) is 0 Å². The summed E-state index contributed by atoms with van der Waals surface area (Å²) in [7, 11) is 1.66. The van der Waals surface area contributed by atoms with Crippen molar-refractivity contribution in [1.29, 1.82) is 0 Å². The monoisotopic (exact) mass is 262 g/mol. The SMILES string of the molecule is CN(CC(=O)O)c1cc(NCc2ccco2)ncn1. The van der Waals surface area contributed by atoms with Gasteiger partial charge in [0.1, 0.15) is 30.3 Å². The Morgan fingerprint density at radius 2 is 2.37 bits per heavy atom. The van der Waals surface area contributed by atoms with E-state index in [-0.39, 0.29) is 6.54 Å². The van der Waals surface area contributed by atoms with Gasteiger partial charge in [0.25, 0.3) is 0 Å². The maximum atomic E-state index is 10.6. The summed E-state index contributed by atoms with van der Waals surface area (Å²) in [6, 6.07) is 5.35. The molecule has 0 bridgehead atoms. The average Bonchev–Trinajstić information content (AvgIpc) is 2.89. The Bertz CT molecular complexity index is 542. The van der Waals surface area contributed by atoms with Crippen LogP contribution in [0.25, 0.3) is 0 Å². The average molecular weight is 262 g/mol. The first-order valence-electron chi connectivity index (χ1n) is 5.66. The molecule has 0 aliphatic carbocycles. The molecule has 0 aliphatic rings. The van der Waals surface area contributed by atoms with Crippen molar-refractivity contribution in [2.45, 2.75) is 6.54 Å². The van der Waals surface area contributed by atoms with Crippen molar-refractivity contribution < 1.29 is 14.3 Å². The molecule has 2 rings (SSSR count). The van der Waals surface area contributed by atoms with Crippen molar-refractivity contribution >= 4 is 17.6 Å². The van der Waals surface area contributed by atoms with E-state index in [2.05, 4.69) is 15.3 Å². The molecule has 0 aliphatic heterocycles. The second-order valence-electron chi connectivity index (χ2n) is 3.94. The van der Waals surface area contributed by atoms with Crippen molar-refractivity contribution in [2.75, 3.05) is 23.8 Å². The molecule has 0 unspecified atom stereocenters. The summed E-state index contributed by atoms with van der Waals surface area (Å²) in [5.74, 6) is 1.03. The number of nitrogens with zero attached hydrogens (tertiary/aromatic N) is 3. The van der Waals surface area contributed by atoms with Crippen molar-refractivity contribution in [3.8, 4) is 0 Å². The molecule has 0 saturated heterocycles. The molecule has 0 spiro atoms. The summed E-state index contributed by atoms with van der Waals surface area (Å²) in [5, 5.41) is 11.8. The third-order valence-corrected chi connectivity index (χ3v) is 2.44. The molecule has 0 radical (unpaired) electrons. The van der Waals surface area contributed by atoms with Crippen molar-refractivity contribution in [3.63, 3.8) is 0 Å². The van der Waals surface area contributed by atoms with Crippen molar-refractivity contribution in [1.82, 2.24) is 9.97 Å².